The first-order valence-corrected chi connectivity index (χ1v) is 13.7. The highest BCUT2D eigenvalue weighted by molar-refractivity contribution is 6.74. The molecule has 0 spiro atoms. The molecule has 4 atom stereocenters. The lowest BCUT2D eigenvalue weighted by molar-refractivity contribution is -0.161. The van der Waals surface area contributed by atoms with Gasteiger partial charge in [0.25, 0.3) is 0 Å². The summed E-state index contributed by atoms with van der Waals surface area (Å²) in [6.45, 7) is 15.5. The summed E-state index contributed by atoms with van der Waals surface area (Å²) in [5.74, 6) is 0.426. The largest absolute Gasteiger partial charge is 0.410 e. The highest BCUT2D eigenvalue weighted by atomic mass is 28.4. The van der Waals surface area contributed by atoms with Crippen LogP contribution in [-0.2, 0) is 13.9 Å². The van der Waals surface area contributed by atoms with E-state index in [1.165, 1.54) is 12.0 Å². The Hall–Kier alpha value is -0.203. The maximum absolute atomic E-state index is 10.2. The Labute approximate surface area is 166 Å². The van der Waals surface area contributed by atoms with Crippen molar-refractivity contribution in [2.45, 2.75) is 96.2 Å². The number of aliphatic hydroxyl groups excluding tert-OH is 1. The molecule has 1 saturated heterocycles. The van der Waals surface area contributed by atoms with Crippen molar-refractivity contribution >= 4 is 8.32 Å². The van der Waals surface area contributed by atoms with Gasteiger partial charge in [-0.25, -0.2) is 0 Å². The van der Waals surface area contributed by atoms with Gasteiger partial charge in [-0.1, -0.05) is 39.3 Å². The van der Waals surface area contributed by atoms with Crippen LogP contribution < -0.4 is 0 Å². The molecule has 5 heteroatoms. The van der Waals surface area contributed by atoms with E-state index in [4.69, 9.17) is 13.9 Å². The van der Waals surface area contributed by atoms with Gasteiger partial charge in [-0.15, -0.1) is 0 Å². The van der Waals surface area contributed by atoms with Gasteiger partial charge in [-0.05, 0) is 56.7 Å². The van der Waals surface area contributed by atoms with Crippen LogP contribution in [0.25, 0.3) is 0 Å². The average Bonchev–Trinajstić information content (AvgIpc) is 3.12. The van der Waals surface area contributed by atoms with Crippen LogP contribution in [0.1, 0.15) is 66.2 Å². The Balaban J connectivity index is 1.60. The van der Waals surface area contributed by atoms with Gasteiger partial charge in [0, 0.05) is 17.9 Å². The van der Waals surface area contributed by atoms with E-state index in [9.17, 15) is 5.11 Å². The summed E-state index contributed by atoms with van der Waals surface area (Å²) < 4.78 is 18.5. The van der Waals surface area contributed by atoms with E-state index in [2.05, 4.69) is 46.9 Å². The highest BCUT2D eigenvalue weighted by Gasteiger charge is 2.75. The summed E-state index contributed by atoms with van der Waals surface area (Å²) in [7, 11) is -1.88. The van der Waals surface area contributed by atoms with Gasteiger partial charge < -0.3 is 19.0 Å². The van der Waals surface area contributed by atoms with E-state index in [1.807, 2.05) is 0 Å². The fraction of sp³-hybridized carbons (Fsp3) is 0.909. The molecule has 1 unspecified atom stereocenters. The quantitative estimate of drug-likeness (QED) is 0.484. The Morgan fingerprint density at radius 2 is 2.04 bits per heavy atom. The SMILES string of the molecule is CC(C)(C)[Si](C)(C)O[C@]12CC=C(CCOC3CCCCO3)C[C@H]1[C@@]2(C)CO. The van der Waals surface area contributed by atoms with Crippen LogP contribution >= 0.6 is 0 Å². The molecule has 1 saturated carbocycles. The van der Waals surface area contributed by atoms with E-state index >= 15 is 0 Å². The minimum atomic E-state index is -1.88. The summed E-state index contributed by atoms with van der Waals surface area (Å²) in [6, 6.07) is 0. The average molecular weight is 397 g/mol. The Bertz CT molecular complexity index is 561. The van der Waals surface area contributed by atoms with E-state index in [1.54, 1.807) is 0 Å². The summed E-state index contributed by atoms with van der Waals surface area (Å²) in [5.41, 5.74) is 1.18. The van der Waals surface area contributed by atoms with E-state index in [0.29, 0.717) is 5.92 Å². The number of fused-ring (bicyclic) bond motifs is 1. The second-order valence-corrected chi connectivity index (χ2v) is 15.3. The lowest BCUT2D eigenvalue weighted by Crippen LogP contribution is -2.47. The first-order valence-electron chi connectivity index (χ1n) is 10.8. The van der Waals surface area contributed by atoms with Crippen molar-refractivity contribution in [2.75, 3.05) is 19.8 Å². The van der Waals surface area contributed by atoms with Gasteiger partial charge in [0.2, 0.25) is 0 Å². The fourth-order valence-electron chi connectivity index (χ4n) is 4.68. The third kappa shape index (κ3) is 3.95. The number of rotatable bonds is 7. The van der Waals surface area contributed by atoms with Crippen LogP contribution in [0.5, 0.6) is 0 Å². The molecule has 0 aromatic heterocycles. The molecule has 2 aliphatic carbocycles. The Kier molecular flexibility index (Phi) is 6.02. The topological polar surface area (TPSA) is 47.9 Å². The van der Waals surface area contributed by atoms with Crippen LogP contribution in [0.2, 0.25) is 18.1 Å². The van der Waals surface area contributed by atoms with Crippen molar-refractivity contribution in [3.8, 4) is 0 Å². The lowest BCUT2D eigenvalue weighted by Gasteiger charge is -2.41. The van der Waals surface area contributed by atoms with Crippen LogP contribution in [0.15, 0.2) is 11.6 Å². The van der Waals surface area contributed by atoms with Crippen LogP contribution in [0.4, 0.5) is 0 Å². The summed E-state index contributed by atoms with van der Waals surface area (Å²) in [5, 5.41) is 10.3. The van der Waals surface area contributed by atoms with Gasteiger partial charge in [0.15, 0.2) is 14.6 Å². The zero-order valence-corrected chi connectivity index (χ0v) is 19.3. The zero-order valence-electron chi connectivity index (χ0n) is 18.3. The smallest absolute Gasteiger partial charge is 0.192 e. The maximum Gasteiger partial charge on any atom is 0.192 e. The minimum Gasteiger partial charge on any atom is -0.410 e. The Morgan fingerprint density at radius 3 is 2.63 bits per heavy atom. The molecule has 156 valence electrons. The molecule has 2 fully saturated rings. The predicted octanol–water partition coefficient (Wildman–Crippen LogP) is 5.03. The molecule has 0 amide bonds. The Morgan fingerprint density at radius 1 is 1.30 bits per heavy atom. The van der Waals surface area contributed by atoms with Gasteiger partial charge >= 0.3 is 0 Å². The molecule has 3 rings (SSSR count). The highest BCUT2D eigenvalue weighted by Crippen LogP contribution is 2.71. The molecule has 0 aromatic carbocycles. The molecular formula is C22H40O4Si. The molecular weight excluding hydrogens is 356 g/mol. The lowest BCUT2D eigenvalue weighted by atomic mass is 9.95. The molecule has 1 heterocycles. The monoisotopic (exact) mass is 396 g/mol. The molecule has 4 nitrogen and oxygen atoms in total. The molecule has 3 aliphatic rings. The fourth-order valence-corrected chi connectivity index (χ4v) is 6.36. The summed E-state index contributed by atoms with van der Waals surface area (Å²) in [4.78, 5) is 0. The molecule has 0 radical (unpaired) electrons. The second-order valence-electron chi connectivity index (χ2n) is 10.6. The van der Waals surface area contributed by atoms with Crippen LogP contribution in [0.3, 0.4) is 0 Å². The van der Waals surface area contributed by atoms with Gasteiger partial charge in [0.05, 0.1) is 18.8 Å². The number of ether oxygens (including phenoxy) is 2. The molecule has 1 aliphatic heterocycles. The number of hydrogen-bond acceptors (Lipinski definition) is 4. The third-order valence-electron chi connectivity index (χ3n) is 7.81. The molecule has 27 heavy (non-hydrogen) atoms. The van der Waals surface area contributed by atoms with Crippen molar-refractivity contribution in [3.63, 3.8) is 0 Å². The van der Waals surface area contributed by atoms with E-state index in [0.717, 1.165) is 45.3 Å². The minimum absolute atomic E-state index is 0.00687. The van der Waals surface area contributed by atoms with Gasteiger partial charge in [-0.3, -0.25) is 0 Å². The summed E-state index contributed by atoms with van der Waals surface area (Å²) >= 11 is 0. The van der Waals surface area contributed by atoms with Crippen molar-refractivity contribution in [1.29, 1.82) is 0 Å². The first kappa shape index (κ1) is 21.5. The van der Waals surface area contributed by atoms with E-state index in [-0.39, 0.29) is 29.0 Å². The summed E-state index contributed by atoms with van der Waals surface area (Å²) in [6.07, 6.45) is 8.67. The predicted molar refractivity (Wildman–Crippen MR) is 111 cm³/mol. The van der Waals surface area contributed by atoms with Crippen molar-refractivity contribution in [2.24, 2.45) is 11.3 Å². The van der Waals surface area contributed by atoms with Crippen LogP contribution in [-0.4, -0.2) is 45.1 Å². The normalized spacial score (nSPS) is 36.9. The van der Waals surface area contributed by atoms with E-state index < -0.39 is 8.32 Å². The van der Waals surface area contributed by atoms with Crippen molar-refractivity contribution in [3.05, 3.63) is 11.6 Å². The van der Waals surface area contributed by atoms with Crippen molar-refractivity contribution < 1.29 is 19.0 Å². The third-order valence-corrected chi connectivity index (χ3v) is 12.3. The van der Waals surface area contributed by atoms with Crippen molar-refractivity contribution in [1.82, 2.24) is 0 Å². The van der Waals surface area contributed by atoms with Crippen LogP contribution in [0, 0.1) is 11.3 Å². The molecule has 0 aromatic rings. The molecule has 0 bridgehead atoms. The number of aliphatic hydroxyl groups is 1. The van der Waals surface area contributed by atoms with Gasteiger partial charge in [0.1, 0.15) is 0 Å². The van der Waals surface area contributed by atoms with Gasteiger partial charge in [-0.2, -0.15) is 0 Å². The zero-order chi connectivity index (χ0) is 19.9. The molecule has 1 N–H and O–H groups in total. The maximum atomic E-state index is 10.2. The number of hydrogen-bond donors (Lipinski definition) is 1. The second kappa shape index (κ2) is 7.56. The standard InChI is InChI=1S/C22H40O4Si/c1-20(2,3)27(5,6)26-22-12-10-17(15-18(22)21(22,4)16-23)11-14-25-19-9-7-8-13-24-19/h10,18-19,23H,7-9,11-16H2,1-6H3/t18-,19?,21+,22+/m0/s1. The first-order chi connectivity index (χ1) is 12.6.